The summed E-state index contributed by atoms with van der Waals surface area (Å²) in [7, 11) is 0. The van der Waals surface area contributed by atoms with Gasteiger partial charge in [0, 0.05) is 10.5 Å². The van der Waals surface area contributed by atoms with Gasteiger partial charge >= 0.3 is 0 Å². The second-order valence-corrected chi connectivity index (χ2v) is 5.28. The molecule has 0 saturated heterocycles. The molecule has 2 N–H and O–H groups in total. The number of nitrogens with zero attached hydrogens (tertiary/aromatic N) is 1. The molecule has 0 aliphatic rings. The zero-order valence-corrected chi connectivity index (χ0v) is 11.7. The fourth-order valence-electron chi connectivity index (χ4n) is 1.37. The maximum Gasteiger partial charge on any atom is 0.273 e. The average Bonchev–Trinajstić information content (AvgIpc) is 2.77. The Hall–Kier alpha value is -1.93. The van der Waals surface area contributed by atoms with Crippen molar-refractivity contribution in [1.29, 1.82) is 0 Å². The van der Waals surface area contributed by atoms with Crippen molar-refractivity contribution in [3.63, 3.8) is 0 Å². The van der Waals surface area contributed by atoms with Gasteiger partial charge in [-0.25, -0.2) is 0 Å². The molecule has 0 spiro atoms. The van der Waals surface area contributed by atoms with Gasteiger partial charge in [-0.1, -0.05) is 0 Å². The minimum atomic E-state index is -0.624. The fraction of sp³-hybridized carbons (Fsp3) is 0. The predicted octanol–water partition coefficient (Wildman–Crippen LogP) is 3.38. The van der Waals surface area contributed by atoms with E-state index >= 15 is 0 Å². The van der Waals surface area contributed by atoms with Crippen LogP contribution < -0.4 is 5.32 Å². The lowest BCUT2D eigenvalue weighted by atomic mass is 10.2. The predicted molar refractivity (Wildman–Crippen MR) is 74.7 cm³/mol. The normalized spacial score (nSPS) is 10.2. The van der Waals surface area contributed by atoms with E-state index < -0.39 is 10.8 Å². The van der Waals surface area contributed by atoms with Crippen molar-refractivity contribution < 1.29 is 14.8 Å². The van der Waals surface area contributed by atoms with Gasteiger partial charge in [0.25, 0.3) is 11.6 Å². The zero-order valence-electron chi connectivity index (χ0n) is 9.29. The fourth-order valence-corrected chi connectivity index (χ4v) is 2.82. The van der Waals surface area contributed by atoms with Crippen LogP contribution in [-0.4, -0.2) is 15.9 Å². The Morgan fingerprint density at radius 3 is 2.68 bits per heavy atom. The van der Waals surface area contributed by atoms with Crippen LogP contribution in [0.15, 0.2) is 34.1 Å². The number of non-ortho nitro benzene ring substituents is 1. The summed E-state index contributed by atoms with van der Waals surface area (Å²) < 4.78 is 0.649. The van der Waals surface area contributed by atoms with Gasteiger partial charge in [0.1, 0.15) is 10.6 Å². The highest BCUT2D eigenvalue weighted by molar-refractivity contribution is 9.10. The van der Waals surface area contributed by atoms with E-state index in [4.69, 9.17) is 0 Å². The largest absolute Gasteiger partial charge is 0.506 e. The summed E-state index contributed by atoms with van der Waals surface area (Å²) in [6.45, 7) is 0. The Kier molecular flexibility index (Phi) is 3.82. The number of nitro benzene ring substituents is 1. The Morgan fingerprint density at radius 1 is 1.42 bits per heavy atom. The molecule has 0 saturated carbocycles. The van der Waals surface area contributed by atoms with Crippen LogP contribution in [0, 0.1) is 10.1 Å². The van der Waals surface area contributed by atoms with Crippen molar-refractivity contribution in [2.24, 2.45) is 0 Å². The van der Waals surface area contributed by atoms with Gasteiger partial charge < -0.3 is 10.4 Å². The Morgan fingerprint density at radius 2 is 2.16 bits per heavy atom. The number of hydrogen-bond donors (Lipinski definition) is 2. The summed E-state index contributed by atoms with van der Waals surface area (Å²) in [5.41, 5.74) is -0.122. The van der Waals surface area contributed by atoms with Crippen LogP contribution in [0.25, 0.3) is 0 Å². The third-order valence-corrected chi connectivity index (χ3v) is 4.10. The van der Waals surface area contributed by atoms with Gasteiger partial charge in [-0.2, -0.15) is 0 Å². The lowest BCUT2D eigenvalue weighted by Gasteiger charge is -2.06. The monoisotopic (exact) mass is 342 g/mol. The SMILES string of the molecule is O=C(Nc1ccc([N+](=O)[O-])cc1O)c1sccc1Br. The van der Waals surface area contributed by atoms with Crippen molar-refractivity contribution in [1.82, 2.24) is 0 Å². The number of amides is 1. The average molecular weight is 343 g/mol. The van der Waals surface area contributed by atoms with Crippen LogP contribution in [-0.2, 0) is 0 Å². The molecule has 1 aromatic heterocycles. The summed E-state index contributed by atoms with van der Waals surface area (Å²) in [6, 6.07) is 5.21. The molecule has 8 heteroatoms. The molecule has 98 valence electrons. The molecule has 0 fully saturated rings. The van der Waals surface area contributed by atoms with E-state index in [2.05, 4.69) is 21.2 Å². The highest BCUT2D eigenvalue weighted by atomic mass is 79.9. The Bertz CT molecular complexity index is 656. The molecule has 2 aromatic rings. The molecule has 2 rings (SSSR count). The van der Waals surface area contributed by atoms with E-state index in [0.717, 1.165) is 6.07 Å². The molecule has 0 atom stereocenters. The number of nitro groups is 1. The number of nitrogens with one attached hydrogen (secondary N) is 1. The lowest BCUT2D eigenvalue weighted by Crippen LogP contribution is -2.10. The first-order valence-electron chi connectivity index (χ1n) is 5.01. The van der Waals surface area contributed by atoms with E-state index in [1.54, 1.807) is 11.4 Å². The summed E-state index contributed by atoms with van der Waals surface area (Å²) in [6.07, 6.45) is 0. The van der Waals surface area contributed by atoms with Gasteiger partial charge in [-0.05, 0) is 33.4 Å². The summed E-state index contributed by atoms with van der Waals surface area (Å²) in [5.74, 6) is -0.749. The highest BCUT2D eigenvalue weighted by Crippen LogP contribution is 2.30. The summed E-state index contributed by atoms with van der Waals surface area (Å²) >= 11 is 4.47. The van der Waals surface area contributed by atoms with Crippen molar-refractivity contribution in [3.05, 3.63) is 49.1 Å². The number of phenols is 1. The quantitative estimate of drug-likeness (QED) is 0.508. The molecule has 19 heavy (non-hydrogen) atoms. The van der Waals surface area contributed by atoms with Crippen molar-refractivity contribution in [2.75, 3.05) is 5.32 Å². The van der Waals surface area contributed by atoms with Gasteiger partial charge in [-0.3, -0.25) is 14.9 Å². The molecule has 0 unspecified atom stereocenters. The van der Waals surface area contributed by atoms with Gasteiger partial charge in [-0.15, -0.1) is 11.3 Å². The number of carbonyl (C=O) groups excluding carboxylic acids is 1. The van der Waals surface area contributed by atoms with Crippen LogP contribution in [0.3, 0.4) is 0 Å². The standard InChI is InChI=1S/C11H7BrN2O4S/c12-7-3-4-19-10(7)11(16)13-8-2-1-6(14(17)18)5-9(8)15/h1-5,15H,(H,13,16). The molecule has 0 aliphatic heterocycles. The Labute approximate surface area is 120 Å². The van der Waals surface area contributed by atoms with Crippen molar-refractivity contribution >= 4 is 44.5 Å². The van der Waals surface area contributed by atoms with Crippen molar-refractivity contribution in [3.8, 4) is 5.75 Å². The number of benzene rings is 1. The maximum absolute atomic E-state index is 11.9. The number of anilines is 1. The molecule has 1 aromatic carbocycles. The van der Waals surface area contributed by atoms with Crippen LogP contribution in [0.2, 0.25) is 0 Å². The first-order valence-corrected chi connectivity index (χ1v) is 6.68. The Balaban J connectivity index is 2.23. The number of hydrogen-bond acceptors (Lipinski definition) is 5. The minimum Gasteiger partial charge on any atom is -0.506 e. The van der Waals surface area contributed by atoms with Crippen LogP contribution >= 0.6 is 27.3 Å². The number of carbonyl (C=O) groups is 1. The molecular formula is C11H7BrN2O4S. The van der Waals surface area contributed by atoms with E-state index in [1.165, 1.54) is 23.5 Å². The molecule has 0 radical (unpaired) electrons. The minimum absolute atomic E-state index is 0.121. The van der Waals surface area contributed by atoms with Gasteiger partial charge in [0.15, 0.2) is 0 Å². The van der Waals surface area contributed by atoms with Crippen molar-refractivity contribution in [2.45, 2.75) is 0 Å². The molecule has 6 nitrogen and oxygen atoms in total. The number of halogens is 1. The van der Waals surface area contributed by atoms with Gasteiger partial charge in [0.2, 0.25) is 0 Å². The number of rotatable bonds is 3. The second-order valence-electron chi connectivity index (χ2n) is 3.51. The van der Waals surface area contributed by atoms with Gasteiger partial charge in [0.05, 0.1) is 16.7 Å². The van der Waals surface area contributed by atoms with E-state index in [1.807, 2.05) is 0 Å². The van der Waals surface area contributed by atoms with Crippen LogP contribution in [0.5, 0.6) is 5.75 Å². The van der Waals surface area contributed by atoms with E-state index in [9.17, 15) is 20.0 Å². The smallest absolute Gasteiger partial charge is 0.273 e. The second kappa shape index (κ2) is 5.37. The number of aromatic hydroxyl groups is 1. The van der Waals surface area contributed by atoms with E-state index in [0.29, 0.717) is 9.35 Å². The maximum atomic E-state index is 11.9. The highest BCUT2D eigenvalue weighted by Gasteiger charge is 2.15. The molecule has 0 bridgehead atoms. The third kappa shape index (κ3) is 2.91. The molecule has 1 heterocycles. The van der Waals surface area contributed by atoms with Crippen LogP contribution in [0.1, 0.15) is 9.67 Å². The molecule has 0 aliphatic carbocycles. The number of phenolic OH excluding ortho intramolecular Hbond substituents is 1. The lowest BCUT2D eigenvalue weighted by molar-refractivity contribution is -0.384. The topological polar surface area (TPSA) is 92.5 Å². The zero-order chi connectivity index (χ0) is 14.0. The number of thiophene rings is 1. The first kappa shape index (κ1) is 13.5. The summed E-state index contributed by atoms with van der Waals surface area (Å²) in [5, 5.41) is 24.4. The summed E-state index contributed by atoms with van der Waals surface area (Å²) in [4.78, 5) is 22.2. The van der Waals surface area contributed by atoms with E-state index in [-0.39, 0.29) is 17.1 Å². The molecule has 1 amide bonds. The third-order valence-electron chi connectivity index (χ3n) is 2.26. The molecular weight excluding hydrogens is 336 g/mol. The first-order chi connectivity index (χ1) is 8.99. The van der Waals surface area contributed by atoms with Crippen LogP contribution in [0.4, 0.5) is 11.4 Å².